The van der Waals surface area contributed by atoms with Crippen LogP contribution >= 0.6 is 0 Å². The summed E-state index contributed by atoms with van der Waals surface area (Å²) in [7, 11) is 0. The van der Waals surface area contributed by atoms with E-state index in [-0.39, 0.29) is 17.7 Å². The molecule has 2 aliphatic heterocycles. The Morgan fingerprint density at radius 3 is 2.64 bits per heavy atom. The van der Waals surface area contributed by atoms with E-state index >= 15 is 0 Å². The highest BCUT2D eigenvalue weighted by Gasteiger charge is 2.24. The van der Waals surface area contributed by atoms with Crippen molar-refractivity contribution in [3.8, 4) is 0 Å². The molecular formula is C19H28N4O2. The first-order valence-electron chi connectivity index (χ1n) is 9.30. The maximum Gasteiger partial charge on any atom is 0.246 e. The predicted molar refractivity (Wildman–Crippen MR) is 99.7 cm³/mol. The molecule has 2 amide bonds. The van der Waals surface area contributed by atoms with Crippen LogP contribution in [0.5, 0.6) is 0 Å². The number of benzene rings is 1. The minimum Gasteiger partial charge on any atom is -0.371 e. The van der Waals surface area contributed by atoms with Gasteiger partial charge in [0, 0.05) is 30.4 Å². The largest absolute Gasteiger partial charge is 0.371 e. The van der Waals surface area contributed by atoms with Crippen LogP contribution in [0.25, 0.3) is 0 Å². The zero-order valence-corrected chi connectivity index (χ0v) is 14.9. The number of carbonyl (C=O) groups excluding carboxylic acids is 2. The van der Waals surface area contributed by atoms with E-state index in [0.29, 0.717) is 0 Å². The van der Waals surface area contributed by atoms with E-state index in [2.05, 4.69) is 26.9 Å². The molecule has 1 unspecified atom stereocenters. The topological polar surface area (TPSA) is 73.5 Å². The van der Waals surface area contributed by atoms with Crippen molar-refractivity contribution in [2.75, 3.05) is 36.4 Å². The fourth-order valence-corrected chi connectivity index (χ4v) is 3.49. The number of amides is 2. The van der Waals surface area contributed by atoms with Crippen molar-refractivity contribution in [3.63, 3.8) is 0 Å². The molecule has 2 saturated heterocycles. The van der Waals surface area contributed by atoms with E-state index in [9.17, 15) is 9.59 Å². The lowest BCUT2D eigenvalue weighted by molar-refractivity contribution is -0.129. The van der Waals surface area contributed by atoms with Gasteiger partial charge in [-0.1, -0.05) is 6.07 Å². The number of rotatable bonds is 5. The molecule has 2 heterocycles. The van der Waals surface area contributed by atoms with E-state index in [0.717, 1.165) is 50.4 Å². The van der Waals surface area contributed by atoms with E-state index in [1.165, 1.54) is 12.8 Å². The van der Waals surface area contributed by atoms with Gasteiger partial charge in [-0.2, -0.15) is 0 Å². The summed E-state index contributed by atoms with van der Waals surface area (Å²) in [6.07, 6.45) is 4.10. The van der Waals surface area contributed by atoms with Crippen molar-refractivity contribution >= 4 is 23.2 Å². The molecule has 6 heteroatoms. The first-order chi connectivity index (χ1) is 12.1. The summed E-state index contributed by atoms with van der Waals surface area (Å²) in [5, 5.41) is 9.01. The molecule has 2 fully saturated rings. The van der Waals surface area contributed by atoms with Crippen molar-refractivity contribution in [3.05, 3.63) is 24.3 Å². The number of nitrogens with one attached hydrogen (secondary N) is 3. The van der Waals surface area contributed by atoms with Gasteiger partial charge in [0.2, 0.25) is 11.8 Å². The molecule has 0 saturated carbocycles. The molecule has 3 N–H and O–H groups in total. The Morgan fingerprint density at radius 2 is 1.92 bits per heavy atom. The number of piperidine rings is 1. The van der Waals surface area contributed by atoms with Gasteiger partial charge >= 0.3 is 0 Å². The third kappa shape index (κ3) is 4.72. The van der Waals surface area contributed by atoms with Crippen LogP contribution in [0.2, 0.25) is 0 Å². The highest BCUT2D eigenvalue weighted by atomic mass is 16.2. The van der Waals surface area contributed by atoms with Crippen LogP contribution in [0.1, 0.15) is 32.6 Å². The van der Waals surface area contributed by atoms with Gasteiger partial charge in [-0.3, -0.25) is 9.59 Å². The first kappa shape index (κ1) is 17.7. The summed E-state index contributed by atoms with van der Waals surface area (Å²) in [4.78, 5) is 27.0. The summed E-state index contributed by atoms with van der Waals surface area (Å²) in [5.41, 5.74) is 1.92. The molecule has 0 aliphatic carbocycles. The lowest BCUT2D eigenvalue weighted by Gasteiger charge is -2.24. The van der Waals surface area contributed by atoms with Gasteiger partial charge in [-0.25, -0.2) is 0 Å². The van der Waals surface area contributed by atoms with Crippen LogP contribution in [-0.2, 0) is 9.59 Å². The fourth-order valence-electron chi connectivity index (χ4n) is 3.49. The van der Waals surface area contributed by atoms with Crippen molar-refractivity contribution in [1.29, 1.82) is 0 Å². The minimum atomic E-state index is -0.544. The second-order valence-electron chi connectivity index (χ2n) is 6.99. The van der Waals surface area contributed by atoms with Crippen molar-refractivity contribution < 1.29 is 9.59 Å². The Hall–Kier alpha value is -2.08. The average molecular weight is 344 g/mol. The molecule has 0 radical (unpaired) electrons. The van der Waals surface area contributed by atoms with Crippen LogP contribution in [0.4, 0.5) is 11.4 Å². The molecule has 136 valence electrons. The maximum atomic E-state index is 12.4. The SMILES string of the molecule is CC(NC(=O)C1CCNCC1)C(=O)Nc1cccc(N2CCCC2)c1. The third-order valence-electron chi connectivity index (χ3n) is 5.05. The summed E-state index contributed by atoms with van der Waals surface area (Å²) in [6, 6.07) is 7.38. The number of hydrogen-bond donors (Lipinski definition) is 3. The van der Waals surface area contributed by atoms with Crippen LogP contribution in [-0.4, -0.2) is 44.0 Å². The molecule has 2 aliphatic rings. The summed E-state index contributed by atoms with van der Waals surface area (Å²) < 4.78 is 0. The number of anilines is 2. The second kappa shape index (κ2) is 8.34. The Bertz CT molecular complexity index is 607. The molecule has 6 nitrogen and oxygen atoms in total. The lowest BCUT2D eigenvalue weighted by Crippen LogP contribution is -2.46. The minimum absolute atomic E-state index is 0.00925. The van der Waals surface area contributed by atoms with Crippen molar-refractivity contribution in [2.24, 2.45) is 5.92 Å². The summed E-state index contributed by atoms with van der Waals surface area (Å²) in [6.45, 7) is 5.60. The first-order valence-corrected chi connectivity index (χ1v) is 9.30. The normalized spacial score (nSPS) is 19.5. The molecule has 0 spiro atoms. The van der Waals surface area contributed by atoms with E-state index in [4.69, 9.17) is 0 Å². The quantitative estimate of drug-likeness (QED) is 0.761. The third-order valence-corrected chi connectivity index (χ3v) is 5.05. The lowest BCUT2D eigenvalue weighted by atomic mass is 9.97. The van der Waals surface area contributed by atoms with Crippen LogP contribution < -0.4 is 20.9 Å². The molecule has 0 aromatic heterocycles. The predicted octanol–water partition coefficient (Wildman–Crippen LogP) is 1.73. The van der Waals surface area contributed by atoms with Crippen LogP contribution in [0.15, 0.2) is 24.3 Å². The van der Waals surface area contributed by atoms with Gasteiger partial charge in [0.25, 0.3) is 0 Å². The molecule has 1 atom stereocenters. The standard InChI is InChI=1S/C19H28N4O2/c1-14(21-19(25)15-7-9-20-10-8-15)18(24)22-16-5-4-6-17(13-16)23-11-2-3-12-23/h4-6,13-15,20H,2-3,7-12H2,1H3,(H,21,25)(H,22,24). The van der Waals surface area contributed by atoms with Gasteiger partial charge in [0.05, 0.1) is 0 Å². The molecule has 1 aromatic rings. The van der Waals surface area contributed by atoms with Gasteiger partial charge in [0.1, 0.15) is 6.04 Å². The molecule has 1 aromatic carbocycles. The van der Waals surface area contributed by atoms with Gasteiger partial charge < -0.3 is 20.9 Å². The Labute approximate surface area is 149 Å². The van der Waals surface area contributed by atoms with Crippen molar-refractivity contribution in [1.82, 2.24) is 10.6 Å². The van der Waals surface area contributed by atoms with Gasteiger partial charge in [-0.05, 0) is 63.9 Å². The van der Waals surface area contributed by atoms with E-state index < -0.39 is 6.04 Å². The van der Waals surface area contributed by atoms with E-state index in [1.807, 2.05) is 18.2 Å². The zero-order valence-electron chi connectivity index (χ0n) is 14.9. The smallest absolute Gasteiger partial charge is 0.246 e. The monoisotopic (exact) mass is 344 g/mol. The maximum absolute atomic E-state index is 12.4. The molecule has 0 bridgehead atoms. The Morgan fingerprint density at radius 1 is 1.20 bits per heavy atom. The molecule has 3 rings (SSSR count). The highest BCUT2D eigenvalue weighted by Crippen LogP contribution is 2.23. The van der Waals surface area contributed by atoms with Crippen LogP contribution in [0, 0.1) is 5.92 Å². The highest BCUT2D eigenvalue weighted by molar-refractivity contribution is 5.97. The van der Waals surface area contributed by atoms with E-state index in [1.54, 1.807) is 6.92 Å². The second-order valence-corrected chi connectivity index (χ2v) is 6.99. The summed E-state index contributed by atoms with van der Waals surface area (Å²) in [5.74, 6) is -0.189. The Kier molecular flexibility index (Phi) is 5.91. The number of carbonyl (C=O) groups is 2. The fraction of sp³-hybridized carbons (Fsp3) is 0.579. The summed E-state index contributed by atoms with van der Waals surface area (Å²) >= 11 is 0. The van der Waals surface area contributed by atoms with Gasteiger partial charge in [-0.15, -0.1) is 0 Å². The number of hydrogen-bond acceptors (Lipinski definition) is 4. The molecule has 25 heavy (non-hydrogen) atoms. The Balaban J connectivity index is 1.54. The van der Waals surface area contributed by atoms with Crippen LogP contribution in [0.3, 0.4) is 0 Å². The zero-order chi connectivity index (χ0) is 17.6. The van der Waals surface area contributed by atoms with Crippen molar-refractivity contribution in [2.45, 2.75) is 38.6 Å². The molecular weight excluding hydrogens is 316 g/mol. The number of nitrogens with zero attached hydrogens (tertiary/aromatic N) is 1. The van der Waals surface area contributed by atoms with Gasteiger partial charge in [0.15, 0.2) is 0 Å². The average Bonchev–Trinajstić information content (AvgIpc) is 3.17.